The zero-order valence-electron chi connectivity index (χ0n) is 19.3. The van der Waals surface area contributed by atoms with Crippen molar-refractivity contribution in [3.05, 3.63) is 74.9 Å². The van der Waals surface area contributed by atoms with Gasteiger partial charge in [0, 0.05) is 6.42 Å². The van der Waals surface area contributed by atoms with E-state index in [1.54, 1.807) is 0 Å². The number of halogens is 2. The van der Waals surface area contributed by atoms with Gasteiger partial charge in [-0.15, -0.1) is 15.7 Å². The number of nitrogens with one attached hydrogen (secondary N) is 1. The Morgan fingerprint density at radius 2 is 1.95 bits per heavy atom. The van der Waals surface area contributed by atoms with Crippen molar-refractivity contribution in [3.8, 4) is 5.69 Å². The van der Waals surface area contributed by atoms with E-state index in [9.17, 15) is 26.4 Å². The Morgan fingerprint density at radius 1 is 1.18 bits per heavy atom. The number of hydrogen-bond donors (Lipinski definition) is 1. The lowest BCUT2D eigenvalue weighted by molar-refractivity contribution is -0.116. The Morgan fingerprint density at radius 3 is 2.63 bits per heavy atom. The van der Waals surface area contributed by atoms with Crippen LogP contribution in [-0.2, 0) is 31.1 Å². The lowest BCUT2D eigenvalue weighted by atomic mass is 10.1. The number of Topliss-reactive ketones (excluding diaryl/α,β-unsaturated/α-hetero) is 1. The average Bonchev–Trinajstić information content (AvgIpc) is 3.25. The third kappa shape index (κ3) is 4.87. The molecule has 0 aliphatic carbocycles. The molecule has 0 unspecified atom stereocenters. The van der Waals surface area contributed by atoms with Crippen LogP contribution >= 0.6 is 22.9 Å². The highest BCUT2D eigenvalue weighted by Crippen LogP contribution is 2.30. The Bertz CT molecular complexity index is 1970. The summed E-state index contributed by atoms with van der Waals surface area (Å²) in [7, 11) is -7.92. The molecule has 0 bridgehead atoms. The van der Waals surface area contributed by atoms with Crippen LogP contribution in [0.25, 0.3) is 16.6 Å². The van der Waals surface area contributed by atoms with Crippen molar-refractivity contribution in [1.29, 1.82) is 0 Å². The second-order valence-electron chi connectivity index (χ2n) is 8.38. The fourth-order valence-corrected chi connectivity index (χ4v) is 7.93. The van der Waals surface area contributed by atoms with Gasteiger partial charge in [0.05, 0.1) is 26.6 Å². The molecule has 196 valence electrons. The number of aromatic nitrogens is 2. The lowest BCUT2D eigenvalue weighted by Crippen LogP contribution is -2.22. The molecule has 3 heterocycles. The van der Waals surface area contributed by atoms with Gasteiger partial charge in [0.2, 0.25) is 0 Å². The summed E-state index contributed by atoms with van der Waals surface area (Å²) >= 11 is 6.61. The topological polar surface area (TPSA) is 145 Å². The van der Waals surface area contributed by atoms with Crippen LogP contribution in [0.15, 0.2) is 67.1 Å². The van der Waals surface area contributed by atoms with Crippen LogP contribution in [0, 0.1) is 5.82 Å². The Balaban J connectivity index is 1.44. The van der Waals surface area contributed by atoms with Crippen LogP contribution in [0.1, 0.15) is 12.5 Å². The molecule has 4 aromatic rings. The van der Waals surface area contributed by atoms with Gasteiger partial charge < -0.3 is 5.32 Å². The zero-order chi connectivity index (χ0) is 27.4. The lowest BCUT2D eigenvalue weighted by Gasteiger charge is -2.17. The molecule has 1 aliphatic rings. The first kappa shape index (κ1) is 26.2. The smallest absolute Gasteiger partial charge is 0.286 e. The summed E-state index contributed by atoms with van der Waals surface area (Å²) in [6.07, 6.45) is 0.759. The minimum absolute atomic E-state index is 0.0349. The number of fused-ring (bicyclic) bond motifs is 2. The van der Waals surface area contributed by atoms with Crippen molar-refractivity contribution in [2.24, 2.45) is 4.40 Å². The number of rotatable bonds is 6. The summed E-state index contributed by atoms with van der Waals surface area (Å²) in [5.74, 6) is -2.12. The molecule has 2 aromatic heterocycles. The molecule has 0 saturated heterocycles. The fourth-order valence-electron chi connectivity index (χ4n) is 3.96. The summed E-state index contributed by atoms with van der Waals surface area (Å²) in [6.45, 7) is 1.48. The van der Waals surface area contributed by atoms with E-state index in [4.69, 9.17) is 11.6 Å². The van der Waals surface area contributed by atoms with Gasteiger partial charge in [0.25, 0.3) is 15.6 Å². The van der Waals surface area contributed by atoms with Crippen LogP contribution in [0.5, 0.6) is 0 Å². The largest absolute Gasteiger partial charge is 0.342 e. The number of thiophene rings is 1. The van der Waals surface area contributed by atoms with E-state index >= 15 is 4.39 Å². The fraction of sp³-hybridized carbons (Fsp3) is 0.130. The maximum absolute atomic E-state index is 15.1. The van der Waals surface area contributed by atoms with Gasteiger partial charge in [0.1, 0.15) is 32.8 Å². The van der Waals surface area contributed by atoms with E-state index < -0.39 is 42.8 Å². The summed E-state index contributed by atoms with van der Waals surface area (Å²) in [4.78, 5) is 29.5. The molecule has 1 aliphatic heterocycles. The van der Waals surface area contributed by atoms with Crippen molar-refractivity contribution >= 4 is 71.0 Å². The minimum atomic E-state index is -4.04. The van der Waals surface area contributed by atoms with Crippen molar-refractivity contribution in [2.75, 3.05) is 11.1 Å². The highest BCUT2D eigenvalue weighted by molar-refractivity contribution is 7.94. The van der Waals surface area contributed by atoms with Gasteiger partial charge >= 0.3 is 0 Å². The average molecular weight is 595 g/mol. The van der Waals surface area contributed by atoms with Crippen LogP contribution in [0.2, 0.25) is 4.34 Å². The van der Waals surface area contributed by atoms with Crippen LogP contribution in [-0.4, -0.2) is 43.8 Å². The molecule has 1 N–H and O–H groups in total. The SMILES string of the molecule is CC1=NS(=O)(=O)c2cc3c(=O)n(-c4ccc(CC(=O)CS(=O)(=O)c5ccc(Cl)s5)cc4F)cnc3cc2N1. The third-order valence-electron chi connectivity index (χ3n) is 5.59. The number of sulfonamides is 1. The highest BCUT2D eigenvalue weighted by atomic mass is 35.5. The van der Waals surface area contributed by atoms with E-state index in [0.29, 0.717) is 0 Å². The number of benzene rings is 2. The summed E-state index contributed by atoms with van der Waals surface area (Å²) in [5.41, 5.74) is -0.286. The molecule has 0 spiro atoms. The molecule has 5 rings (SSSR count). The molecule has 0 fully saturated rings. The number of sulfone groups is 1. The normalized spacial score (nSPS) is 14.6. The van der Waals surface area contributed by atoms with E-state index in [1.807, 2.05) is 0 Å². The monoisotopic (exact) mass is 594 g/mol. The molecular formula is C23H16ClFN4O6S3. The quantitative estimate of drug-likeness (QED) is 0.358. The van der Waals surface area contributed by atoms with Crippen LogP contribution < -0.4 is 10.9 Å². The predicted molar refractivity (Wildman–Crippen MR) is 141 cm³/mol. The third-order valence-corrected chi connectivity index (χ3v) is 10.5. The van der Waals surface area contributed by atoms with Crippen molar-refractivity contribution in [1.82, 2.24) is 9.55 Å². The highest BCUT2D eigenvalue weighted by Gasteiger charge is 2.26. The Kier molecular flexibility index (Phi) is 6.46. The number of carbonyl (C=O) groups is 1. The van der Waals surface area contributed by atoms with E-state index in [2.05, 4.69) is 14.7 Å². The minimum Gasteiger partial charge on any atom is -0.342 e. The van der Waals surface area contributed by atoms with Gasteiger partial charge in [-0.05, 0) is 48.9 Å². The van der Waals surface area contributed by atoms with E-state index in [1.165, 1.54) is 37.3 Å². The van der Waals surface area contributed by atoms with Gasteiger partial charge in [-0.25, -0.2) is 17.8 Å². The maximum Gasteiger partial charge on any atom is 0.286 e. The molecule has 0 amide bonds. The Hall–Kier alpha value is -3.46. The van der Waals surface area contributed by atoms with Gasteiger partial charge in [-0.1, -0.05) is 17.7 Å². The molecule has 0 atom stereocenters. The van der Waals surface area contributed by atoms with Crippen molar-refractivity contribution in [2.45, 2.75) is 22.4 Å². The molecule has 15 heteroatoms. The van der Waals surface area contributed by atoms with Crippen molar-refractivity contribution < 1.29 is 26.0 Å². The standard InChI is InChI=1S/C23H16ClFN4O6S3/c1-12-27-18-9-17-15(8-20(18)38(34,35)28-12)23(31)29(11-26-17)19-3-2-13(7-16(19)25)6-14(30)10-37(32,33)22-5-4-21(24)36-22/h2-5,7-9,11H,6,10H2,1H3,(H,27,28). The van der Waals surface area contributed by atoms with Crippen LogP contribution in [0.3, 0.4) is 0 Å². The summed E-state index contributed by atoms with van der Waals surface area (Å²) in [6, 6.07) is 8.94. The molecule has 10 nitrogen and oxygen atoms in total. The second kappa shape index (κ2) is 9.38. The Labute approximate surface area is 224 Å². The maximum atomic E-state index is 15.1. The molecule has 38 heavy (non-hydrogen) atoms. The van der Waals surface area contributed by atoms with Gasteiger partial charge in [0.15, 0.2) is 15.6 Å². The molecule has 0 radical (unpaired) electrons. The zero-order valence-corrected chi connectivity index (χ0v) is 22.5. The predicted octanol–water partition coefficient (Wildman–Crippen LogP) is 3.36. The number of hydrogen-bond acceptors (Lipinski definition) is 9. The first-order chi connectivity index (χ1) is 17.8. The van der Waals surface area contributed by atoms with E-state index in [-0.39, 0.29) is 53.5 Å². The van der Waals surface area contributed by atoms with Crippen molar-refractivity contribution in [3.63, 3.8) is 0 Å². The molecular weight excluding hydrogens is 579 g/mol. The number of nitrogens with zero attached hydrogens (tertiary/aromatic N) is 3. The number of amidine groups is 1. The molecule has 2 aromatic carbocycles. The number of ketones is 1. The van der Waals surface area contributed by atoms with Gasteiger partial charge in [-0.3, -0.25) is 14.2 Å². The first-order valence-corrected chi connectivity index (χ1v) is 15.1. The summed E-state index contributed by atoms with van der Waals surface area (Å²) in [5, 5.41) is 2.75. The number of carbonyl (C=O) groups excluding carboxylic acids is 1. The summed E-state index contributed by atoms with van der Waals surface area (Å²) < 4.78 is 69.5. The number of anilines is 1. The second-order valence-corrected chi connectivity index (χ2v) is 13.9. The first-order valence-electron chi connectivity index (χ1n) is 10.8. The van der Waals surface area contributed by atoms with Gasteiger partial charge in [-0.2, -0.15) is 8.42 Å². The van der Waals surface area contributed by atoms with E-state index in [0.717, 1.165) is 34.4 Å². The molecule has 0 saturated carbocycles. The van der Waals surface area contributed by atoms with Crippen LogP contribution in [0.4, 0.5) is 10.1 Å².